The summed E-state index contributed by atoms with van der Waals surface area (Å²) in [7, 11) is 0. The lowest BCUT2D eigenvalue weighted by Crippen LogP contribution is -2.29. The summed E-state index contributed by atoms with van der Waals surface area (Å²) < 4.78 is 0. The molecule has 0 aliphatic rings. The van der Waals surface area contributed by atoms with Crippen LogP contribution in [0.3, 0.4) is 0 Å². The third-order valence-electron chi connectivity index (χ3n) is 2.31. The Hall–Kier alpha value is -2.94. The first-order chi connectivity index (χ1) is 9.43. The monoisotopic (exact) mass is 271 g/mol. The summed E-state index contributed by atoms with van der Waals surface area (Å²) in [6.45, 7) is 2.62. The van der Waals surface area contributed by atoms with Crippen molar-refractivity contribution in [2.45, 2.75) is 13.8 Å². The van der Waals surface area contributed by atoms with Gasteiger partial charge in [0, 0.05) is 24.4 Å². The molecule has 0 aromatic heterocycles. The number of carbonyl (C=O) groups is 3. The van der Waals surface area contributed by atoms with Crippen molar-refractivity contribution in [1.29, 1.82) is 5.26 Å². The molecular formula is C14H13N3O3. The predicted molar refractivity (Wildman–Crippen MR) is 72.6 cm³/mol. The van der Waals surface area contributed by atoms with E-state index in [2.05, 4.69) is 5.32 Å². The Bertz CT molecular complexity index is 627. The fourth-order valence-electron chi connectivity index (χ4n) is 1.36. The fraction of sp³-hybridized carbons (Fsp3) is 0.143. The summed E-state index contributed by atoms with van der Waals surface area (Å²) in [5, 5.41) is 13.6. The molecule has 6 nitrogen and oxygen atoms in total. The Morgan fingerprint density at radius 2 is 1.95 bits per heavy atom. The Kier molecular flexibility index (Phi) is 5.18. The quantitative estimate of drug-likeness (QED) is 0.489. The Balaban J connectivity index is 2.87. The molecule has 0 unspecified atom stereocenters. The van der Waals surface area contributed by atoms with Crippen molar-refractivity contribution in [2.75, 3.05) is 5.32 Å². The van der Waals surface area contributed by atoms with Gasteiger partial charge in [0.05, 0.1) is 0 Å². The minimum Gasteiger partial charge on any atom is -0.360 e. The molecule has 0 saturated heterocycles. The third kappa shape index (κ3) is 4.38. The van der Waals surface area contributed by atoms with Gasteiger partial charge in [-0.05, 0) is 19.1 Å². The predicted octanol–water partition coefficient (Wildman–Crippen LogP) is 1.37. The van der Waals surface area contributed by atoms with Gasteiger partial charge in [-0.1, -0.05) is 12.1 Å². The molecular weight excluding hydrogens is 258 g/mol. The number of nitrogens with one attached hydrogen (secondary N) is 2. The van der Waals surface area contributed by atoms with Crippen molar-refractivity contribution < 1.29 is 14.4 Å². The summed E-state index contributed by atoms with van der Waals surface area (Å²) in [6.07, 6.45) is 1.18. The number of nitriles is 1. The van der Waals surface area contributed by atoms with E-state index >= 15 is 0 Å². The van der Waals surface area contributed by atoms with Gasteiger partial charge in [-0.25, -0.2) is 0 Å². The smallest absolute Gasteiger partial charge is 0.269 e. The number of nitrogens with zero attached hydrogens (tertiary/aromatic N) is 1. The lowest BCUT2D eigenvalue weighted by molar-refractivity contribution is -0.126. The number of Topliss-reactive ketones (excluding diaryl/α,β-unsaturated/α-hetero) is 1. The maximum atomic E-state index is 11.5. The summed E-state index contributed by atoms with van der Waals surface area (Å²) in [6, 6.07) is 8.29. The maximum absolute atomic E-state index is 11.5. The van der Waals surface area contributed by atoms with Crippen LogP contribution in [0.15, 0.2) is 36.0 Å². The van der Waals surface area contributed by atoms with E-state index in [-0.39, 0.29) is 11.4 Å². The molecule has 0 aliphatic carbocycles. The lowest BCUT2D eigenvalue weighted by atomic mass is 10.1. The van der Waals surface area contributed by atoms with Crippen LogP contribution in [0.2, 0.25) is 0 Å². The zero-order valence-electron chi connectivity index (χ0n) is 11.1. The highest BCUT2D eigenvalue weighted by Crippen LogP contribution is 2.11. The highest BCUT2D eigenvalue weighted by Gasteiger charge is 2.10. The van der Waals surface area contributed by atoms with Gasteiger partial charge in [-0.3, -0.25) is 19.7 Å². The topological polar surface area (TPSA) is 99.1 Å². The number of imide groups is 1. The molecule has 102 valence electrons. The molecule has 0 fully saturated rings. The van der Waals surface area contributed by atoms with Crippen LogP contribution in [0.25, 0.3) is 0 Å². The standard InChI is InChI=1S/C14H13N3O3/c1-9(18)11-4-3-5-13(6-11)16-8-12(7-15)14(20)17-10(2)19/h3-6,8,16H,1-2H3,(H,17,19,20)/b12-8-. The van der Waals surface area contributed by atoms with E-state index in [0.717, 1.165) is 0 Å². The average molecular weight is 271 g/mol. The summed E-state index contributed by atoms with van der Waals surface area (Å²) in [5.74, 6) is -1.42. The molecule has 0 bridgehead atoms. The molecule has 20 heavy (non-hydrogen) atoms. The number of rotatable bonds is 4. The molecule has 0 heterocycles. The number of hydrogen-bond acceptors (Lipinski definition) is 5. The number of hydrogen-bond donors (Lipinski definition) is 2. The summed E-state index contributed by atoms with van der Waals surface area (Å²) in [4.78, 5) is 33.4. The Labute approximate surface area is 116 Å². The van der Waals surface area contributed by atoms with Crippen LogP contribution in [0.4, 0.5) is 5.69 Å². The molecule has 2 N–H and O–H groups in total. The van der Waals surface area contributed by atoms with E-state index in [9.17, 15) is 14.4 Å². The van der Waals surface area contributed by atoms with Crippen LogP contribution in [-0.4, -0.2) is 17.6 Å². The first-order valence-corrected chi connectivity index (χ1v) is 5.73. The minimum atomic E-state index is -0.782. The van der Waals surface area contributed by atoms with Crippen LogP contribution in [0, 0.1) is 11.3 Å². The summed E-state index contributed by atoms with van der Waals surface area (Å²) in [5.41, 5.74) is 0.824. The lowest BCUT2D eigenvalue weighted by Gasteiger charge is -2.04. The van der Waals surface area contributed by atoms with E-state index in [4.69, 9.17) is 5.26 Å². The first kappa shape index (κ1) is 15.1. The van der Waals surface area contributed by atoms with Gasteiger partial charge >= 0.3 is 0 Å². The Morgan fingerprint density at radius 3 is 2.50 bits per heavy atom. The molecule has 0 spiro atoms. The average Bonchev–Trinajstić information content (AvgIpc) is 2.39. The second-order valence-electron chi connectivity index (χ2n) is 3.96. The Morgan fingerprint density at radius 1 is 1.25 bits per heavy atom. The fourth-order valence-corrected chi connectivity index (χ4v) is 1.36. The van der Waals surface area contributed by atoms with Gasteiger partial charge in [0.15, 0.2) is 5.78 Å². The van der Waals surface area contributed by atoms with E-state index in [1.54, 1.807) is 30.3 Å². The van der Waals surface area contributed by atoms with Gasteiger partial charge in [0.2, 0.25) is 5.91 Å². The third-order valence-corrected chi connectivity index (χ3v) is 2.31. The highest BCUT2D eigenvalue weighted by molar-refractivity contribution is 6.06. The van der Waals surface area contributed by atoms with Gasteiger partial charge in [0.1, 0.15) is 11.6 Å². The van der Waals surface area contributed by atoms with Crippen LogP contribution in [-0.2, 0) is 9.59 Å². The van der Waals surface area contributed by atoms with Crippen molar-refractivity contribution in [3.63, 3.8) is 0 Å². The van der Waals surface area contributed by atoms with Crippen LogP contribution in [0.5, 0.6) is 0 Å². The van der Waals surface area contributed by atoms with Crippen molar-refractivity contribution in [3.8, 4) is 6.07 Å². The number of carbonyl (C=O) groups excluding carboxylic acids is 3. The molecule has 1 aromatic carbocycles. The molecule has 6 heteroatoms. The normalized spacial score (nSPS) is 10.3. The summed E-state index contributed by atoms with van der Waals surface area (Å²) >= 11 is 0. The van der Waals surface area contributed by atoms with Crippen molar-refractivity contribution in [1.82, 2.24) is 5.32 Å². The van der Waals surface area contributed by atoms with Crippen LogP contribution in [0.1, 0.15) is 24.2 Å². The number of anilines is 1. The highest BCUT2D eigenvalue weighted by atomic mass is 16.2. The van der Waals surface area contributed by atoms with Crippen molar-refractivity contribution in [3.05, 3.63) is 41.6 Å². The molecule has 2 amide bonds. The minimum absolute atomic E-state index is 0.0903. The van der Waals surface area contributed by atoms with Crippen molar-refractivity contribution >= 4 is 23.3 Å². The number of benzene rings is 1. The van der Waals surface area contributed by atoms with Crippen LogP contribution < -0.4 is 10.6 Å². The van der Waals surface area contributed by atoms with Crippen molar-refractivity contribution in [2.24, 2.45) is 0 Å². The van der Waals surface area contributed by atoms with Crippen LogP contribution >= 0.6 is 0 Å². The molecule has 1 rings (SSSR count). The van der Waals surface area contributed by atoms with E-state index < -0.39 is 11.8 Å². The molecule has 1 aromatic rings. The number of amides is 2. The van der Waals surface area contributed by atoms with Gasteiger partial charge < -0.3 is 5.32 Å². The molecule has 0 aliphatic heterocycles. The number of ketones is 1. The van der Waals surface area contributed by atoms with E-state index in [1.807, 2.05) is 5.32 Å². The molecule has 0 saturated carbocycles. The zero-order chi connectivity index (χ0) is 15.1. The molecule has 0 atom stereocenters. The molecule has 0 radical (unpaired) electrons. The first-order valence-electron chi connectivity index (χ1n) is 5.73. The van der Waals surface area contributed by atoms with E-state index in [0.29, 0.717) is 11.3 Å². The maximum Gasteiger partial charge on any atom is 0.269 e. The SMILES string of the molecule is CC(=O)NC(=O)/C(C#N)=C\Nc1cccc(C(C)=O)c1. The van der Waals surface area contributed by atoms with Gasteiger partial charge in [0.25, 0.3) is 5.91 Å². The van der Waals surface area contributed by atoms with E-state index in [1.165, 1.54) is 20.0 Å². The second-order valence-corrected chi connectivity index (χ2v) is 3.96. The zero-order valence-corrected chi connectivity index (χ0v) is 11.1. The van der Waals surface area contributed by atoms with Gasteiger partial charge in [-0.15, -0.1) is 0 Å². The second kappa shape index (κ2) is 6.85. The largest absolute Gasteiger partial charge is 0.360 e. The van der Waals surface area contributed by atoms with Gasteiger partial charge in [-0.2, -0.15) is 5.26 Å².